The topological polar surface area (TPSA) is 55.4 Å². The monoisotopic (exact) mass is 356 g/mol. The molecule has 0 aliphatic heterocycles. The predicted molar refractivity (Wildman–Crippen MR) is 96.1 cm³/mol. The first-order valence-corrected chi connectivity index (χ1v) is 8.85. The van der Waals surface area contributed by atoms with Crippen LogP contribution < -0.4 is 0 Å². The molecule has 144 valence electrons. The van der Waals surface area contributed by atoms with E-state index in [2.05, 4.69) is 12.1 Å². The molecule has 0 spiro atoms. The van der Waals surface area contributed by atoms with Crippen molar-refractivity contribution in [3.05, 3.63) is 35.9 Å². The summed E-state index contributed by atoms with van der Waals surface area (Å²) >= 11 is 0. The fourth-order valence-electron chi connectivity index (χ4n) is 1.96. The predicted octanol–water partition coefficient (Wildman–Crippen LogP) is 1.96. The number of benzene rings is 1. The zero-order valence-corrected chi connectivity index (χ0v) is 15.3. The fraction of sp³-hybridized carbons (Fsp3) is 0.684. The van der Waals surface area contributed by atoms with Crippen LogP contribution in [0.15, 0.2) is 30.3 Å². The minimum absolute atomic E-state index is 0.564. The van der Waals surface area contributed by atoms with Crippen molar-refractivity contribution in [1.82, 2.24) is 0 Å². The van der Waals surface area contributed by atoms with Gasteiger partial charge in [0.1, 0.15) is 0 Å². The van der Waals surface area contributed by atoms with Crippen LogP contribution in [0.5, 0.6) is 0 Å². The molecule has 0 N–H and O–H groups in total. The Morgan fingerprint density at radius 2 is 0.920 bits per heavy atom. The van der Waals surface area contributed by atoms with E-state index < -0.39 is 0 Å². The lowest BCUT2D eigenvalue weighted by Gasteiger charge is -2.08. The maximum Gasteiger partial charge on any atom is 0.0701 e. The van der Waals surface area contributed by atoms with Crippen molar-refractivity contribution in [2.75, 3.05) is 79.8 Å². The van der Waals surface area contributed by atoms with Crippen molar-refractivity contribution in [1.29, 1.82) is 0 Å². The normalized spacial score (nSPS) is 11.1. The van der Waals surface area contributed by atoms with Crippen molar-refractivity contribution in [3.63, 3.8) is 0 Å². The van der Waals surface area contributed by atoms with E-state index in [1.54, 1.807) is 7.11 Å². The lowest BCUT2D eigenvalue weighted by Crippen LogP contribution is -2.14. The van der Waals surface area contributed by atoms with Gasteiger partial charge in [0.15, 0.2) is 0 Å². The van der Waals surface area contributed by atoms with E-state index in [1.165, 1.54) is 5.56 Å². The summed E-state index contributed by atoms with van der Waals surface area (Å²) in [5.74, 6) is 0. The fourth-order valence-corrected chi connectivity index (χ4v) is 1.96. The highest BCUT2D eigenvalue weighted by Crippen LogP contribution is 1.99. The van der Waals surface area contributed by atoms with Crippen molar-refractivity contribution < 1.29 is 28.4 Å². The highest BCUT2D eigenvalue weighted by atomic mass is 16.6. The average molecular weight is 356 g/mol. The summed E-state index contributed by atoms with van der Waals surface area (Å²) in [6, 6.07) is 10.3. The Balaban J connectivity index is 1.69. The second-order valence-corrected chi connectivity index (χ2v) is 5.29. The Labute approximate surface area is 151 Å². The Hall–Kier alpha value is -1.02. The Morgan fingerprint density at radius 1 is 0.520 bits per heavy atom. The zero-order valence-electron chi connectivity index (χ0n) is 15.3. The molecule has 0 amide bonds. The van der Waals surface area contributed by atoms with Crippen LogP contribution in [-0.4, -0.2) is 79.8 Å². The molecule has 0 aliphatic carbocycles. The van der Waals surface area contributed by atoms with Gasteiger partial charge in [0.05, 0.1) is 72.7 Å². The minimum atomic E-state index is 0.564. The smallest absolute Gasteiger partial charge is 0.0701 e. The molecule has 0 atom stereocenters. The van der Waals surface area contributed by atoms with Gasteiger partial charge in [-0.25, -0.2) is 0 Å². The molecule has 0 aromatic heterocycles. The molecular weight excluding hydrogens is 324 g/mol. The van der Waals surface area contributed by atoms with Gasteiger partial charge in [0, 0.05) is 7.11 Å². The molecule has 25 heavy (non-hydrogen) atoms. The van der Waals surface area contributed by atoms with Gasteiger partial charge in [-0.2, -0.15) is 0 Å². The minimum Gasteiger partial charge on any atom is -0.382 e. The van der Waals surface area contributed by atoms with Crippen LogP contribution >= 0.6 is 0 Å². The summed E-state index contributed by atoms with van der Waals surface area (Å²) in [5, 5.41) is 0. The van der Waals surface area contributed by atoms with E-state index in [0.29, 0.717) is 66.1 Å². The number of methoxy groups -OCH3 is 1. The summed E-state index contributed by atoms with van der Waals surface area (Å²) in [6.45, 7) is 6.56. The molecule has 0 saturated carbocycles. The van der Waals surface area contributed by atoms with Gasteiger partial charge in [-0.3, -0.25) is 0 Å². The first-order chi connectivity index (χ1) is 12.4. The van der Waals surface area contributed by atoms with Crippen molar-refractivity contribution in [3.8, 4) is 0 Å². The first kappa shape index (κ1) is 22.0. The standard InChI is InChI=1S/C19H32O6/c1-20-9-10-22-13-14-24-17-18-25-16-15-23-12-11-21-8-7-19-5-3-2-4-6-19/h2-6H,7-18H2,1H3. The number of hydrogen-bond donors (Lipinski definition) is 0. The van der Waals surface area contributed by atoms with Gasteiger partial charge in [-0.1, -0.05) is 30.3 Å². The average Bonchev–Trinajstić information content (AvgIpc) is 2.65. The molecule has 0 fully saturated rings. The van der Waals surface area contributed by atoms with Gasteiger partial charge in [-0.15, -0.1) is 0 Å². The number of ether oxygens (including phenoxy) is 6. The summed E-state index contributed by atoms with van der Waals surface area (Å²) < 4.78 is 31.9. The van der Waals surface area contributed by atoms with Crippen LogP contribution in [0.4, 0.5) is 0 Å². The lowest BCUT2D eigenvalue weighted by molar-refractivity contribution is -0.0145. The molecule has 6 nitrogen and oxygen atoms in total. The maximum atomic E-state index is 5.54. The maximum absolute atomic E-state index is 5.54. The molecule has 0 heterocycles. The molecule has 1 rings (SSSR count). The molecular formula is C19H32O6. The second kappa shape index (κ2) is 17.8. The van der Waals surface area contributed by atoms with Crippen LogP contribution in [0, 0.1) is 0 Å². The zero-order chi connectivity index (χ0) is 17.8. The lowest BCUT2D eigenvalue weighted by atomic mass is 10.2. The summed E-state index contributed by atoms with van der Waals surface area (Å²) in [7, 11) is 1.65. The number of rotatable bonds is 18. The molecule has 1 aromatic carbocycles. The Kier molecular flexibility index (Phi) is 15.7. The van der Waals surface area contributed by atoms with Crippen LogP contribution in [0.1, 0.15) is 5.56 Å². The van der Waals surface area contributed by atoms with Gasteiger partial charge in [0.25, 0.3) is 0 Å². The van der Waals surface area contributed by atoms with Crippen LogP contribution in [0.25, 0.3) is 0 Å². The van der Waals surface area contributed by atoms with Crippen molar-refractivity contribution >= 4 is 0 Å². The third-order valence-electron chi connectivity index (χ3n) is 3.30. The van der Waals surface area contributed by atoms with E-state index in [0.717, 1.165) is 13.0 Å². The molecule has 6 heteroatoms. The third kappa shape index (κ3) is 15.0. The van der Waals surface area contributed by atoms with Gasteiger partial charge in [0.2, 0.25) is 0 Å². The first-order valence-electron chi connectivity index (χ1n) is 8.85. The summed E-state index contributed by atoms with van der Waals surface area (Å²) in [6.07, 6.45) is 0.932. The van der Waals surface area contributed by atoms with Crippen molar-refractivity contribution in [2.24, 2.45) is 0 Å². The SMILES string of the molecule is COCCOCCOCCOCCOCCOCCc1ccccc1. The van der Waals surface area contributed by atoms with Gasteiger partial charge < -0.3 is 28.4 Å². The van der Waals surface area contributed by atoms with E-state index in [4.69, 9.17) is 28.4 Å². The van der Waals surface area contributed by atoms with E-state index in [-0.39, 0.29) is 0 Å². The van der Waals surface area contributed by atoms with Gasteiger partial charge in [-0.05, 0) is 12.0 Å². The molecule has 0 unspecified atom stereocenters. The molecule has 0 radical (unpaired) electrons. The quantitative estimate of drug-likeness (QED) is 0.375. The van der Waals surface area contributed by atoms with E-state index in [9.17, 15) is 0 Å². The number of hydrogen-bond acceptors (Lipinski definition) is 6. The summed E-state index contributed by atoms with van der Waals surface area (Å²) in [4.78, 5) is 0. The molecule has 0 aliphatic rings. The highest BCUT2D eigenvalue weighted by molar-refractivity contribution is 5.14. The van der Waals surface area contributed by atoms with Crippen molar-refractivity contribution in [2.45, 2.75) is 6.42 Å². The highest BCUT2D eigenvalue weighted by Gasteiger charge is 1.94. The van der Waals surface area contributed by atoms with Crippen LogP contribution in [0.3, 0.4) is 0 Å². The van der Waals surface area contributed by atoms with Crippen LogP contribution in [-0.2, 0) is 34.8 Å². The molecule has 0 saturated heterocycles. The summed E-state index contributed by atoms with van der Waals surface area (Å²) in [5.41, 5.74) is 1.29. The Morgan fingerprint density at radius 3 is 1.36 bits per heavy atom. The van der Waals surface area contributed by atoms with E-state index in [1.807, 2.05) is 18.2 Å². The molecule has 0 bridgehead atoms. The molecule has 1 aromatic rings. The van der Waals surface area contributed by atoms with E-state index >= 15 is 0 Å². The largest absolute Gasteiger partial charge is 0.382 e. The third-order valence-corrected chi connectivity index (χ3v) is 3.30. The van der Waals surface area contributed by atoms with Gasteiger partial charge >= 0.3 is 0 Å². The van der Waals surface area contributed by atoms with Crippen LogP contribution in [0.2, 0.25) is 0 Å². The second-order valence-electron chi connectivity index (χ2n) is 5.29. The Bertz CT molecular complexity index is 373.